The minimum atomic E-state index is -0.707. The van der Waals surface area contributed by atoms with Crippen LogP contribution in [0.5, 0.6) is 5.75 Å². The Balaban J connectivity index is 2.16. The lowest BCUT2D eigenvalue weighted by Gasteiger charge is -2.29. The highest BCUT2D eigenvalue weighted by Crippen LogP contribution is 2.26. The molecule has 0 heterocycles. The number of hydrogen-bond acceptors (Lipinski definition) is 3. The summed E-state index contributed by atoms with van der Waals surface area (Å²) in [5.41, 5.74) is 1.88. The first-order valence-corrected chi connectivity index (χ1v) is 11.3. The molecule has 0 bridgehead atoms. The van der Waals surface area contributed by atoms with Crippen LogP contribution >= 0.6 is 15.9 Å². The summed E-state index contributed by atoms with van der Waals surface area (Å²) in [5.74, 6) is -0.363. The summed E-state index contributed by atoms with van der Waals surface area (Å²) in [4.78, 5) is 27.2. The highest BCUT2D eigenvalue weighted by atomic mass is 79.9. The normalized spacial score (nSPS) is 12.7. The van der Waals surface area contributed by atoms with E-state index in [0.29, 0.717) is 5.75 Å². The molecule has 2 rings (SSSR count). The number of carbonyl (C=O) groups is 2. The number of rotatable bonds is 10. The summed E-state index contributed by atoms with van der Waals surface area (Å²) in [6, 6.07) is 10.9. The molecule has 0 spiro atoms. The lowest BCUT2D eigenvalue weighted by molar-refractivity contribution is -0.142. The quantitative estimate of drug-likeness (QED) is 0.514. The molecule has 0 radical (unpaired) electrons. The van der Waals surface area contributed by atoms with E-state index in [2.05, 4.69) is 28.2 Å². The van der Waals surface area contributed by atoms with Gasteiger partial charge in [0.05, 0.1) is 4.47 Å². The van der Waals surface area contributed by atoms with E-state index in [-0.39, 0.29) is 36.8 Å². The predicted molar refractivity (Wildman–Crippen MR) is 123 cm³/mol. The first-order valence-electron chi connectivity index (χ1n) is 10.5. The van der Waals surface area contributed by atoms with E-state index in [9.17, 15) is 14.0 Å². The minimum absolute atomic E-state index is 0.00186. The van der Waals surface area contributed by atoms with Crippen molar-refractivity contribution in [2.75, 3.05) is 6.61 Å². The van der Waals surface area contributed by atoms with Gasteiger partial charge in [0.2, 0.25) is 5.91 Å². The van der Waals surface area contributed by atoms with Crippen molar-refractivity contribution in [1.82, 2.24) is 10.2 Å². The first kappa shape index (κ1) is 24.9. The molecule has 0 saturated carbocycles. The van der Waals surface area contributed by atoms with Crippen LogP contribution in [0.25, 0.3) is 0 Å². The SMILES string of the molecule is CCc1ccc(OCC(=O)N(Cc2ccc(F)cc2)[C@@H](C)C(=O)N[C@@H](C)CC)c(Br)c1. The topological polar surface area (TPSA) is 58.6 Å². The second-order valence-electron chi connectivity index (χ2n) is 7.55. The number of nitrogens with one attached hydrogen (secondary N) is 1. The van der Waals surface area contributed by atoms with Crippen molar-refractivity contribution < 1.29 is 18.7 Å². The Morgan fingerprint density at radius 3 is 2.32 bits per heavy atom. The fraction of sp³-hybridized carbons (Fsp3) is 0.417. The van der Waals surface area contributed by atoms with E-state index < -0.39 is 6.04 Å². The molecule has 5 nitrogen and oxygen atoms in total. The lowest BCUT2D eigenvalue weighted by Crippen LogP contribution is -2.50. The second-order valence-corrected chi connectivity index (χ2v) is 8.40. The van der Waals surface area contributed by atoms with Crippen molar-refractivity contribution in [3.05, 3.63) is 63.9 Å². The van der Waals surface area contributed by atoms with Gasteiger partial charge < -0.3 is 15.0 Å². The molecular formula is C24H30BrFN2O3. The van der Waals surface area contributed by atoms with Crippen LogP contribution in [0.2, 0.25) is 0 Å². The van der Waals surface area contributed by atoms with Crippen LogP contribution in [0, 0.1) is 5.82 Å². The van der Waals surface area contributed by atoms with Gasteiger partial charge in [-0.15, -0.1) is 0 Å². The van der Waals surface area contributed by atoms with E-state index >= 15 is 0 Å². The Hall–Kier alpha value is -2.41. The van der Waals surface area contributed by atoms with Crippen LogP contribution in [-0.2, 0) is 22.6 Å². The molecular weight excluding hydrogens is 463 g/mol. The highest BCUT2D eigenvalue weighted by Gasteiger charge is 2.27. The van der Waals surface area contributed by atoms with Crippen molar-refractivity contribution in [1.29, 1.82) is 0 Å². The zero-order valence-corrected chi connectivity index (χ0v) is 20.0. The average molecular weight is 493 g/mol. The number of halogens is 2. The number of aryl methyl sites for hydroxylation is 1. The monoisotopic (exact) mass is 492 g/mol. The zero-order chi connectivity index (χ0) is 23.0. The molecule has 2 amide bonds. The molecule has 0 aliphatic heterocycles. The van der Waals surface area contributed by atoms with Gasteiger partial charge in [-0.1, -0.05) is 32.0 Å². The molecule has 0 fully saturated rings. The number of carbonyl (C=O) groups excluding carboxylic acids is 2. The molecule has 0 aromatic heterocycles. The molecule has 7 heteroatoms. The summed E-state index contributed by atoms with van der Waals surface area (Å²) in [6.45, 7) is 7.60. The molecule has 2 aromatic rings. The Bertz CT molecular complexity index is 889. The molecule has 0 aliphatic rings. The van der Waals surface area contributed by atoms with Gasteiger partial charge in [-0.2, -0.15) is 0 Å². The standard InChI is InChI=1S/C24H30BrFN2O3/c1-5-16(3)27-24(30)17(4)28(14-19-7-10-20(26)11-8-19)23(29)15-31-22-12-9-18(6-2)13-21(22)25/h7-13,16-17H,5-6,14-15H2,1-4H3,(H,27,30)/t16-,17-/m0/s1. The summed E-state index contributed by atoms with van der Waals surface area (Å²) in [5, 5.41) is 2.91. The largest absolute Gasteiger partial charge is 0.483 e. The molecule has 31 heavy (non-hydrogen) atoms. The maximum absolute atomic E-state index is 13.3. The number of ether oxygens (including phenoxy) is 1. The van der Waals surface area contributed by atoms with Crippen molar-refractivity contribution in [2.45, 2.75) is 59.2 Å². The van der Waals surface area contributed by atoms with E-state index in [0.717, 1.165) is 28.4 Å². The Morgan fingerprint density at radius 1 is 1.10 bits per heavy atom. The molecule has 0 aliphatic carbocycles. The van der Waals surface area contributed by atoms with Crippen LogP contribution in [0.1, 0.15) is 45.2 Å². The van der Waals surface area contributed by atoms with E-state index in [1.165, 1.54) is 17.0 Å². The molecule has 168 valence electrons. The molecule has 0 saturated heterocycles. The number of amides is 2. The average Bonchev–Trinajstić information content (AvgIpc) is 2.76. The van der Waals surface area contributed by atoms with Gasteiger partial charge in [0.1, 0.15) is 17.6 Å². The van der Waals surface area contributed by atoms with E-state index in [1.807, 2.05) is 32.0 Å². The first-order chi connectivity index (χ1) is 14.7. The second kappa shape index (κ2) is 11.8. The van der Waals surface area contributed by atoms with Crippen molar-refractivity contribution in [3.63, 3.8) is 0 Å². The number of benzene rings is 2. The van der Waals surface area contributed by atoms with Gasteiger partial charge in [-0.3, -0.25) is 9.59 Å². The maximum atomic E-state index is 13.3. The molecule has 0 unspecified atom stereocenters. The summed E-state index contributed by atoms with van der Waals surface area (Å²) >= 11 is 3.47. The summed E-state index contributed by atoms with van der Waals surface area (Å²) < 4.78 is 19.8. The predicted octanol–water partition coefficient (Wildman–Crippen LogP) is 4.86. The van der Waals surface area contributed by atoms with Crippen LogP contribution in [-0.4, -0.2) is 35.4 Å². The lowest BCUT2D eigenvalue weighted by atomic mass is 10.1. The Morgan fingerprint density at radius 2 is 1.74 bits per heavy atom. The molecule has 2 atom stereocenters. The third-order valence-electron chi connectivity index (χ3n) is 5.19. The maximum Gasteiger partial charge on any atom is 0.261 e. The van der Waals surface area contributed by atoms with Crippen LogP contribution in [0.15, 0.2) is 46.9 Å². The molecule has 1 N–H and O–H groups in total. The third kappa shape index (κ3) is 7.35. The van der Waals surface area contributed by atoms with Gasteiger partial charge in [-0.25, -0.2) is 4.39 Å². The Labute approximate surface area is 192 Å². The molecule has 2 aromatic carbocycles. The van der Waals surface area contributed by atoms with Gasteiger partial charge in [0.15, 0.2) is 6.61 Å². The highest BCUT2D eigenvalue weighted by molar-refractivity contribution is 9.10. The van der Waals surface area contributed by atoms with Gasteiger partial charge >= 0.3 is 0 Å². The number of hydrogen-bond donors (Lipinski definition) is 1. The fourth-order valence-electron chi connectivity index (χ4n) is 2.94. The number of nitrogens with zero attached hydrogens (tertiary/aromatic N) is 1. The van der Waals surface area contributed by atoms with Crippen molar-refractivity contribution >= 4 is 27.7 Å². The zero-order valence-electron chi connectivity index (χ0n) is 18.5. The van der Waals surface area contributed by atoms with Crippen molar-refractivity contribution in [3.8, 4) is 5.75 Å². The summed E-state index contributed by atoms with van der Waals surface area (Å²) in [6.07, 6.45) is 1.68. The van der Waals surface area contributed by atoms with Crippen LogP contribution in [0.4, 0.5) is 4.39 Å². The smallest absolute Gasteiger partial charge is 0.261 e. The van der Waals surface area contributed by atoms with Gasteiger partial charge in [-0.05, 0) is 78.0 Å². The minimum Gasteiger partial charge on any atom is -0.483 e. The fourth-order valence-corrected chi connectivity index (χ4v) is 3.48. The van der Waals surface area contributed by atoms with Crippen LogP contribution < -0.4 is 10.1 Å². The van der Waals surface area contributed by atoms with Crippen molar-refractivity contribution in [2.24, 2.45) is 0 Å². The van der Waals surface area contributed by atoms with Gasteiger partial charge in [0, 0.05) is 12.6 Å². The van der Waals surface area contributed by atoms with Crippen LogP contribution in [0.3, 0.4) is 0 Å². The third-order valence-corrected chi connectivity index (χ3v) is 5.81. The van der Waals surface area contributed by atoms with E-state index in [1.54, 1.807) is 19.1 Å². The van der Waals surface area contributed by atoms with E-state index in [4.69, 9.17) is 4.74 Å². The summed E-state index contributed by atoms with van der Waals surface area (Å²) in [7, 11) is 0. The van der Waals surface area contributed by atoms with Gasteiger partial charge in [0.25, 0.3) is 5.91 Å². The Kier molecular flexibility index (Phi) is 9.49.